The van der Waals surface area contributed by atoms with Crippen LogP contribution in [0.2, 0.25) is 0 Å². The van der Waals surface area contributed by atoms with Gasteiger partial charge in [0.25, 0.3) is 0 Å². The maximum absolute atomic E-state index is 10.9. The standard InChI is InChI=1S/C14H26O2/c1-3-5-6-7-8-9-10-11-13-16-14(15)12-4-2/h4,12H,3,5-11,13H2,1-2H3/b12-4+. The fourth-order valence-electron chi connectivity index (χ4n) is 1.59. The molecule has 0 saturated carbocycles. The fraction of sp³-hybridized carbons (Fsp3) is 0.786. The Morgan fingerprint density at radius 1 is 1.00 bits per heavy atom. The van der Waals surface area contributed by atoms with Gasteiger partial charge in [-0.15, -0.1) is 0 Å². The van der Waals surface area contributed by atoms with Crippen LogP contribution >= 0.6 is 0 Å². The number of allylic oxidation sites excluding steroid dienone is 1. The van der Waals surface area contributed by atoms with Crippen LogP contribution in [0.25, 0.3) is 0 Å². The van der Waals surface area contributed by atoms with Crippen LogP contribution in [0.15, 0.2) is 12.2 Å². The summed E-state index contributed by atoms with van der Waals surface area (Å²) < 4.78 is 5.00. The summed E-state index contributed by atoms with van der Waals surface area (Å²) in [4.78, 5) is 10.9. The Labute approximate surface area is 100 Å². The van der Waals surface area contributed by atoms with Crippen molar-refractivity contribution in [3.8, 4) is 0 Å². The monoisotopic (exact) mass is 226 g/mol. The molecule has 0 aromatic carbocycles. The number of hydrogen-bond donors (Lipinski definition) is 0. The van der Waals surface area contributed by atoms with E-state index in [1.54, 1.807) is 6.08 Å². The molecule has 0 amide bonds. The second kappa shape index (κ2) is 12.3. The summed E-state index contributed by atoms with van der Waals surface area (Å²) in [5.74, 6) is -0.217. The van der Waals surface area contributed by atoms with Gasteiger partial charge in [-0.25, -0.2) is 4.79 Å². The number of carbonyl (C=O) groups is 1. The van der Waals surface area contributed by atoms with Crippen LogP contribution in [-0.2, 0) is 9.53 Å². The summed E-state index contributed by atoms with van der Waals surface area (Å²) in [7, 11) is 0. The molecule has 0 heterocycles. The first kappa shape index (κ1) is 15.2. The Hall–Kier alpha value is -0.790. The molecule has 0 aromatic heterocycles. The zero-order valence-electron chi connectivity index (χ0n) is 10.8. The minimum atomic E-state index is -0.217. The summed E-state index contributed by atoms with van der Waals surface area (Å²) in [5.41, 5.74) is 0. The molecule has 94 valence electrons. The third kappa shape index (κ3) is 11.3. The van der Waals surface area contributed by atoms with E-state index >= 15 is 0 Å². The Morgan fingerprint density at radius 2 is 1.56 bits per heavy atom. The van der Waals surface area contributed by atoms with Crippen molar-refractivity contribution in [1.29, 1.82) is 0 Å². The third-order valence-corrected chi connectivity index (χ3v) is 2.54. The van der Waals surface area contributed by atoms with E-state index in [1.165, 1.54) is 51.0 Å². The van der Waals surface area contributed by atoms with Crippen LogP contribution in [0, 0.1) is 0 Å². The van der Waals surface area contributed by atoms with Gasteiger partial charge in [-0.05, 0) is 13.3 Å². The molecular weight excluding hydrogens is 200 g/mol. The second-order valence-electron chi connectivity index (χ2n) is 4.14. The topological polar surface area (TPSA) is 26.3 Å². The van der Waals surface area contributed by atoms with Gasteiger partial charge >= 0.3 is 5.97 Å². The van der Waals surface area contributed by atoms with Gasteiger partial charge in [-0.2, -0.15) is 0 Å². The van der Waals surface area contributed by atoms with Crippen LogP contribution < -0.4 is 0 Å². The number of esters is 1. The molecule has 0 atom stereocenters. The van der Waals surface area contributed by atoms with E-state index in [4.69, 9.17) is 4.74 Å². The van der Waals surface area contributed by atoms with Crippen molar-refractivity contribution in [2.75, 3.05) is 6.61 Å². The molecule has 0 N–H and O–H groups in total. The van der Waals surface area contributed by atoms with Crippen molar-refractivity contribution in [1.82, 2.24) is 0 Å². The maximum Gasteiger partial charge on any atom is 0.330 e. The van der Waals surface area contributed by atoms with Crippen LogP contribution in [0.1, 0.15) is 65.2 Å². The van der Waals surface area contributed by atoms with Gasteiger partial charge in [0.2, 0.25) is 0 Å². The highest BCUT2D eigenvalue weighted by Gasteiger charge is 1.95. The largest absolute Gasteiger partial charge is 0.463 e. The first-order valence-corrected chi connectivity index (χ1v) is 6.60. The number of carbonyl (C=O) groups excluding carboxylic acids is 1. The first-order chi connectivity index (χ1) is 7.81. The van der Waals surface area contributed by atoms with E-state index in [-0.39, 0.29) is 5.97 Å². The average Bonchev–Trinajstić information content (AvgIpc) is 2.27. The molecular formula is C14H26O2. The highest BCUT2D eigenvalue weighted by molar-refractivity contribution is 5.81. The van der Waals surface area contributed by atoms with E-state index in [2.05, 4.69) is 6.92 Å². The summed E-state index contributed by atoms with van der Waals surface area (Å²) >= 11 is 0. The Kier molecular flexibility index (Phi) is 11.7. The van der Waals surface area contributed by atoms with Gasteiger partial charge in [0, 0.05) is 6.08 Å². The summed E-state index contributed by atoms with van der Waals surface area (Å²) in [6.45, 7) is 4.62. The number of rotatable bonds is 10. The van der Waals surface area contributed by atoms with Gasteiger partial charge in [0.05, 0.1) is 6.61 Å². The number of hydrogen-bond acceptors (Lipinski definition) is 2. The maximum atomic E-state index is 10.9. The molecule has 0 unspecified atom stereocenters. The molecule has 0 aromatic rings. The van der Waals surface area contributed by atoms with Crippen LogP contribution in [0.3, 0.4) is 0 Å². The van der Waals surface area contributed by atoms with E-state index in [0.29, 0.717) is 6.61 Å². The minimum absolute atomic E-state index is 0.217. The average molecular weight is 226 g/mol. The molecule has 2 heteroatoms. The first-order valence-electron chi connectivity index (χ1n) is 6.60. The van der Waals surface area contributed by atoms with Crippen molar-refractivity contribution >= 4 is 5.97 Å². The molecule has 0 bridgehead atoms. The molecule has 16 heavy (non-hydrogen) atoms. The van der Waals surface area contributed by atoms with E-state index in [9.17, 15) is 4.79 Å². The van der Waals surface area contributed by atoms with Crippen molar-refractivity contribution in [3.05, 3.63) is 12.2 Å². The lowest BCUT2D eigenvalue weighted by molar-refractivity contribution is -0.137. The zero-order valence-corrected chi connectivity index (χ0v) is 10.8. The molecule has 0 aliphatic rings. The van der Waals surface area contributed by atoms with Gasteiger partial charge in [0.1, 0.15) is 0 Å². The summed E-state index contributed by atoms with van der Waals surface area (Å²) in [5, 5.41) is 0. The SMILES string of the molecule is C/C=C/C(=O)OCCCCCCCCCC. The normalized spacial score (nSPS) is 10.9. The van der Waals surface area contributed by atoms with Gasteiger partial charge in [0.15, 0.2) is 0 Å². The predicted molar refractivity (Wildman–Crippen MR) is 68.4 cm³/mol. The van der Waals surface area contributed by atoms with Crippen molar-refractivity contribution in [2.45, 2.75) is 65.2 Å². The molecule has 0 spiro atoms. The van der Waals surface area contributed by atoms with E-state index < -0.39 is 0 Å². The molecule has 0 radical (unpaired) electrons. The smallest absolute Gasteiger partial charge is 0.330 e. The molecule has 2 nitrogen and oxygen atoms in total. The van der Waals surface area contributed by atoms with Gasteiger partial charge in [-0.1, -0.05) is 57.9 Å². The van der Waals surface area contributed by atoms with E-state index in [0.717, 1.165) is 6.42 Å². The van der Waals surface area contributed by atoms with Crippen molar-refractivity contribution in [2.24, 2.45) is 0 Å². The third-order valence-electron chi connectivity index (χ3n) is 2.54. The lowest BCUT2D eigenvalue weighted by atomic mass is 10.1. The Morgan fingerprint density at radius 3 is 2.12 bits per heavy atom. The highest BCUT2D eigenvalue weighted by atomic mass is 16.5. The predicted octanol–water partition coefficient (Wildman–Crippen LogP) is 4.25. The van der Waals surface area contributed by atoms with Crippen molar-refractivity contribution < 1.29 is 9.53 Å². The highest BCUT2D eigenvalue weighted by Crippen LogP contribution is 2.08. The van der Waals surface area contributed by atoms with Crippen LogP contribution in [0.5, 0.6) is 0 Å². The Balaban J connectivity index is 3.07. The molecule has 0 saturated heterocycles. The van der Waals surface area contributed by atoms with Crippen LogP contribution in [-0.4, -0.2) is 12.6 Å². The van der Waals surface area contributed by atoms with Gasteiger partial charge < -0.3 is 4.74 Å². The lowest BCUT2D eigenvalue weighted by Gasteiger charge is -2.02. The summed E-state index contributed by atoms with van der Waals surface area (Å²) in [6.07, 6.45) is 13.3. The molecule has 0 aliphatic heterocycles. The second-order valence-corrected chi connectivity index (χ2v) is 4.14. The molecule has 0 aliphatic carbocycles. The quantitative estimate of drug-likeness (QED) is 0.316. The minimum Gasteiger partial charge on any atom is -0.463 e. The summed E-state index contributed by atoms with van der Waals surface area (Å²) in [6, 6.07) is 0. The lowest BCUT2D eigenvalue weighted by Crippen LogP contribution is -2.01. The molecule has 0 fully saturated rings. The zero-order chi connectivity index (χ0) is 12.1. The number of unbranched alkanes of at least 4 members (excludes halogenated alkanes) is 7. The van der Waals surface area contributed by atoms with Crippen molar-refractivity contribution in [3.63, 3.8) is 0 Å². The molecule has 0 rings (SSSR count). The Bertz CT molecular complexity index is 185. The van der Waals surface area contributed by atoms with Crippen LogP contribution in [0.4, 0.5) is 0 Å². The van der Waals surface area contributed by atoms with E-state index in [1.807, 2.05) is 6.92 Å². The number of ether oxygens (including phenoxy) is 1. The fourth-order valence-corrected chi connectivity index (χ4v) is 1.59. The van der Waals surface area contributed by atoms with Gasteiger partial charge in [-0.3, -0.25) is 0 Å².